The van der Waals surface area contributed by atoms with Crippen molar-refractivity contribution in [2.45, 2.75) is 24.8 Å². The van der Waals surface area contributed by atoms with Gasteiger partial charge in [-0.15, -0.1) is 0 Å². The molecule has 6 nitrogen and oxygen atoms in total. The average molecular weight is 297 g/mol. The zero-order valence-corrected chi connectivity index (χ0v) is 13.4. The maximum Gasteiger partial charge on any atom is 0.257 e. The molecule has 1 aromatic heterocycles. The maximum atomic E-state index is 11.9. The molecule has 2 rings (SSSR count). The van der Waals surface area contributed by atoms with E-state index < -0.39 is 0 Å². The minimum atomic E-state index is -0.175. The van der Waals surface area contributed by atoms with Gasteiger partial charge in [0.25, 0.3) is 5.91 Å². The summed E-state index contributed by atoms with van der Waals surface area (Å²) in [6.45, 7) is 0.881. The second kappa shape index (κ2) is 5.57. The zero-order valence-electron chi connectivity index (χ0n) is 12.6. The summed E-state index contributed by atoms with van der Waals surface area (Å²) in [5.41, 5.74) is 6.52. The van der Waals surface area contributed by atoms with Crippen molar-refractivity contribution in [3.05, 3.63) is 5.56 Å². The number of aromatic nitrogens is 1. The average Bonchev–Trinajstić information content (AvgIpc) is 2.74. The van der Waals surface area contributed by atoms with Crippen LogP contribution in [0.2, 0.25) is 0 Å². The van der Waals surface area contributed by atoms with Crippen molar-refractivity contribution in [3.8, 4) is 0 Å². The number of nitrogens with zero attached hydrogens (tertiary/aromatic N) is 3. The molecule has 112 valence electrons. The molecular formula is C13H23N5OS. The highest BCUT2D eigenvalue weighted by atomic mass is 32.1. The van der Waals surface area contributed by atoms with Gasteiger partial charge < -0.3 is 20.9 Å². The van der Waals surface area contributed by atoms with Crippen LogP contribution in [-0.4, -0.2) is 55.5 Å². The Morgan fingerprint density at radius 2 is 2.10 bits per heavy atom. The maximum absolute atomic E-state index is 11.9. The molecule has 0 unspecified atom stereocenters. The number of carbonyl (C=O) groups is 1. The van der Waals surface area contributed by atoms with Crippen LogP contribution in [0.1, 0.15) is 29.6 Å². The zero-order chi connectivity index (χ0) is 14.9. The summed E-state index contributed by atoms with van der Waals surface area (Å²) in [5, 5.41) is 3.47. The highest BCUT2D eigenvalue weighted by Crippen LogP contribution is 2.39. The number of carbonyl (C=O) groups excluding carboxylic acids is 1. The standard InChI is InChI=1S/C13H23N5OS/c1-15-11(19)9-10(14)16-20-12(9)18(4)8-13(17(2)3)6-5-7-13/h5-8H2,1-4H3,(H2,14,16)(H,15,19). The molecule has 0 saturated heterocycles. The van der Waals surface area contributed by atoms with E-state index in [0.717, 1.165) is 11.5 Å². The second-order valence-electron chi connectivity index (χ2n) is 5.66. The van der Waals surface area contributed by atoms with Gasteiger partial charge in [-0.3, -0.25) is 4.79 Å². The van der Waals surface area contributed by atoms with Gasteiger partial charge in [-0.1, -0.05) is 0 Å². The molecule has 1 heterocycles. The van der Waals surface area contributed by atoms with Gasteiger partial charge in [0, 0.05) is 26.2 Å². The minimum Gasteiger partial charge on any atom is -0.382 e. The van der Waals surface area contributed by atoms with E-state index in [9.17, 15) is 4.79 Å². The highest BCUT2D eigenvalue weighted by molar-refractivity contribution is 7.11. The monoisotopic (exact) mass is 297 g/mol. The van der Waals surface area contributed by atoms with Crippen LogP contribution in [0.25, 0.3) is 0 Å². The lowest BCUT2D eigenvalue weighted by Gasteiger charge is -2.49. The number of hydrogen-bond donors (Lipinski definition) is 2. The summed E-state index contributed by atoms with van der Waals surface area (Å²) in [5.74, 6) is 0.134. The quantitative estimate of drug-likeness (QED) is 0.848. The van der Waals surface area contributed by atoms with Gasteiger partial charge >= 0.3 is 0 Å². The Bertz CT molecular complexity index is 495. The molecule has 1 saturated carbocycles. The van der Waals surface area contributed by atoms with Gasteiger partial charge in [0.15, 0.2) is 5.82 Å². The first-order valence-corrected chi connectivity index (χ1v) is 7.54. The topological polar surface area (TPSA) is 74.5 Å². The van der Waals surface area contributed by atoms with Gasteiger partial charge in [-0.05, 0) is 44.9 Å². The molecule has 20 heavy (non-hydrogen) atoms. The number of rotatable bonds is 5. The Labute approximate surface area is 124 Å². The van der Waals surface area contributed by atoms with Gasteiger partial charge in [0.1, 0.15) is 10.6 Å². The fraction of sp³-hybridized carbons (Fsp3) is 0.692. The Balaban J connectivity index is 2.21. The highest BCUT2D eigenvalue weighted by Gasteiger charge is 2.40. The van der Waals surface area contributed by atoms with E-state index >= 15 is 0 Å². The predicted molar refractivity (Wildman–Crippen MR) is 83.5 cm³/mol. The number of amides is 1. The number of nitrogens with two attached hydrogens (primary N) is 1. The van der Waals surface area contributed by atoms with Crippen LogP contribution in [0.5, 0.6) is 0 Å². The Kier molecular flexibility index (Phi) is 4.19. The molecule has 7 heteroatoms. The SMILES string of the molecule is CNC(=O)c1c(N)nsc1N(C)CC1(N(C)C)CCC1. The van der Waals surface area contributed by atoms with E-state index in [1.807, 2.05) is 7.05 Å². The Morgan fingerprint density at radius 3 is 2.55 bits per heavy atom. The number of nitrogen functional groups attached to an aromatic ring is 1. The lowest BCUT2D eigenvalue weighted by molar-refractivity contribution is 0.0683. The van der Waals surface area contributed by atoms with Crippen molar-refractivity contribution in [3.63, 3.8) is 0 Å². The number of hydrogen-bond acceptors (Lipinski definition) is 6. The number of likely N-dealkylation sites (N-methyl/N-ethyl adjacent to an activating group) is 2. The summed E-state index contributed by atoms with van der Waals surface area (Å²) in [7, 11) is 7.85. The summed E-state index contributed by atoms with van der Waals surface area (Å²) >= 11 is 1.29. The predicted octanol–water partition coefficient (Wildman–Crippen LogP) is 1.01. The number of anilines is 2. The Morgan fingerprint density at radius 1 is 1.45 bits per heavy atom. The normalized spacial score (nSPS) is 16.9. The lowest BCUT2D eigenvalue weighted by atomic mass is 9.75. The molecule has 1 aromatic rings. The molecule has 0 bridgehead atoms. The Hall–Kier alpha value is -1.34. The molecule has 3 N–H and O–H groups in total. The van der Waals surface area contributed by atoms with Crippen molar-refractivity contribution in [2.75, 3.05) is 45.4 Å². The van der Waals surface area contributed by atoms with Gasteiger partial charge in [0.05, 0.1) is 0 Å². The molecule has 0 atom stereocenters. The third-order valence-electron chi connectivity index (χ3n) is 4.27. The van der Waals surface area contributed by atoms with Gasteiger partial charge in [0.2, 0.25) is 0 Å². The van der Waals surface area contributed by atoms with Crippen LogP contribution in [-0.2, 0) is 0 Å². The largest absolute Gasteiger partial charge is 0.382 e. The van der Waals surface area contributed by atoms with Crippen LogP contribution in [0, 0.1) is 0 Å². The molecule has 1 amide bonds. The minimum absolute atomic E-state index is 0.175. The van der Waals surface area contributed by atoms with Crippen LogP contribution >= 0.6 is 11.5 Å². The molecule has 1 fully saturated rings. The third kappa shape index (κ3) is 2.47. The van der Waals surface area contributed by atoms with Crippen LogP contribution < -0.4 is 16.0 Å². The smallest absolute Gasteiger partial charge is 0.257 e. The molecule has 1 aliphatic carbocycles. The van der Waals surface area contributed by atoms with E-state index in [-0.39, 0.29) is 11.4 Å². The van der Waals surface area contributed by atoms with Crippen molar-refractivity contribution in [1.82, 2.24) is 14.6 Å². The lowest BCUT2D eigenvalue weighted by Crippen LogP contribution is -2.56. The van der Waals surface area contributed by atoms with Crippen LogP contribution in [0.15, 0.2) is 0 Å². The first-order chi connectivity index (χ1) is 9.41. The third-order valence-corrected chi connectivity index (χ3v) is 5.24. The molecule has 0 aliphatic heterocycles. The van der Waals surface area contributed by atoms with Gasteiger partial charge in [-0.25, -0.2) is 0 Å². The van der Waals surface area contributed by atoms with Crippen molar-refractivity contribution in [1.29, 1.82) is 0 Å². The van der Waals surface area contributed by atoms with Crippen molar-refractivity contribution in [2.24, 2.45) is 0 Å². The molecule has 0 aromatic carbocycles. The summed E-state index contributed by atoms with van der Waals surface area (Å²) in [6, 6.07) is 0. The first kappa shape index (κ1) is 15.1. The van der Waals surface area contributed by atoms with Crippen LogP contribution in [0.3, 0.4) is 0 Å². The van der Waals surface area contributed by atoms with E-state index in [1.54, 1.807) is 7.05 Å². The van der Waals surface area contributed by atoms with Gasteiger partial charge in [-0.2, -0.15) is 4.37 Å². The number of nitrogens with one attached hydrogen (secondary N) is 1. The first-order valence-electron chi connectivity index (χ1n) is 6.77. The molecule has 1 aliphatic rings. The van der Waals surface area contributed by atoms with Crippen molar-refractivity contribution < 1.29 is 4.79 Å². The van der Waals surface area contributed by atoms with E-state index in [0.29, 0.717) is 11.4 Å². The van der Waals surface area contributed by atoms with Crippen molar-refractivity contribution >= 4 is 28.3 Å². The molecule has 0 radical (unpaired) electrons. The molecule has 0 spiro atoms. The van der Waals surface area contributed by atoms with Crippen LogP contribution in [0.4, 0.5) is 10.8 Å². The van der Waals surface area contributed by atoms with E-state index in [4.69, 9.17) is 5.73 Å². The summed E-state index contributed by atoms with van der Waals surface area (Å²) < 4.78 is 4.13. The fourth-order valence-corrected chi connectivity index (χ4v) is 3.51. The van der Waals surface area contributed by atoms with E-state index in [2.05, 4.69) is 33.6 Å². The second-order valence-corrected chi connectivity index (χ2v) is 6.41. The van der Waals surface area contributed by atoms with E-state index in [1.165, 1.54) is 30.8 Å². The summed E-state index contributed by atoms with van der Waals surface area (Å²) in [4.78, 5) is 16.3. The molecular weight excluding hydrogens is 274 g/mol. The summed E-state index contributed by atoms with van der Waals surface area (Å²) in [6.07, 6.45) is 3.64. The fourth-order valence-electron chi connectivity index (χ4n) is 2.74.